The average molecular weight is 257 g/mol. The fraction of sp³-hybridized carbons (Fsp3) is 0.364. The smallest absolute Gasteiger partial charge is 0.272 e. The van der Waals surface area contributed by atoms with E-state index >= 15 is 0 Å². The van der Waals surface area contributed by atoms with Crippen LogP contribution in [0.1, 0.15) is 18.1 Å². The molecule has 0 heterocycles. The number of hydrogen-bond acceptors (Lipinski definition) is 3. The Hall–Kier alpha value is -1.62. The van der Waals surface area contributed by atoms with Gasteiger partial charge in [0.1, 0.15) is 5.38 Å². The van der Waals surface area contributed by atoms with Crippen molar-refractivity contribution in [2.45, 2.75) is 25.8 Å². The number of hydrogen-bond donors (Lipinski definition) is 1. The van der Waals surface area contributed by atoms with Crippen molar-refractivity contribution >= 4 is 23.2 Å². The molecule has 0 saturated heterocycles. The summed E-state index contributed by atoms with van der Waals surface area (Å²) in [7, 11) is 0. The van der Waals surface area contributed by atoms with Gasteiger partial charge in [-0.1, -0.05) is 12.1 Å². The van der Waals surface area contributed by atoms with E-state index in [-0.39, 0.29) is 18.1 Å². The molecule has 0 radical (unpaired) electrons. The Bertz CT molecular complexity index is 446. The van der Waals surface area contributed by atoms with E-state index in [1.807, 2.05) is 0 Å². The fourth-order valence-electron chi connectivity index (χ4n) is 1.38. The lowest BCUT2D eigenvalue weighted by atomic mass is 10.1. The van der Waals surface area contributed by atoms with Crippen molar-refractivity contribution < 1.29 is 9.72 Å². The normalized spacial score (nSPS) is 11.9. The van der Waals surface area contributed by atoms with Crippen LogP contribution in [-0.2, 0) is 11.3 Å². The third-order valence-corrected chi connectivity index (χ3v) is 2.63. The van der Waals surface area contributed by atoms with E-state index in [0.717, 1.165) is 0 Å². The van der Waals surface area contributed by atoms with Gasteiger partial charge < -0.3 is 5.32 Å². The summed E-state index contributed by atoms with van der Waals surface area (Å²) in [6.45, 7) is 3.46. The summed E-state index contributed by atoms with van der Waals surface area (Å²) in [5.41, 5.74) is 1.32. The van der Waals surface area contributed by atoms with Crippen LogP contribution in [-0.4, -0.2) is 16.2 Å². The van der Waals surface area contributed by atoms with E-state index in [2.05, 4.69) is 5.32 Å². The molecule has 0 aliphatic carbocycles. The second-order valence-corrected chi connectivity index (χ2v) is 4.31. The van der Waals surface area contributed by atoms with Gasteiger partial charge in [0, 0.05) is 18.2 Å². The molecule has 0 bridgehead atoms. The fourth-order valence-corrected chi connectivity index (χ4v) is 1.46. The highest BCUT2D eigenvalue weighted by Crippen LogP contribution is 2.20. The number of carbonyl (C=O) groups excluding carboxylic acids is 1. The minimum atomic E-state index is -0.617. The van der Waals surface area contributed by atoms with E-state index in [4.69, 9.17) is 11.6 Å². The summed E-state index contributed by atoms with van der Waals surface area (Å²) in [4.78, 5) is 21.5. The van der Waals surface area contributed by atoms with E-state index in [1.165, 1.54) is 6.07 Å². The van der Waals surface area contributed by atoms with Crippen LogP contribution in [0.5, 0.6) is 0 Å². The number of carbonyl (C=O) groups is 1. The number of nitrogens with one attached hydrogen (secondary N) is 1. The van der Waals surface area contributed by atoms with Crippen LogP contribution in [0.25, 0.3) is 0 Å². The first-order valence-electron chi connectivity index (χ1n) is 5.08. The van der Waals surface area contributed by atoms with Gasteiger partial charge in [-0.2, -0.15) is 0 Å². The minimum absolute atomic E-state index is 0.0515. The van der Waals surface area contributed by atoms with Crippen LogP contribution in [0.3, 0.4) is 0 Å². The Morgan fingerprint density at radius 1 is 1.59 bits per heavy atom. The maximum atomic E-state index is 11.3. The third kappa shape index (κ3) is 3.42. The highest BCUT2D eigenvalue weighted by Gasteiger charge is 2.14. The Morgan fingerprint density at radius 3 is 2.76 bits per heavy atom. The lowest BCUT2D eigenvalue weighted by molar-refractivity contribution is -0.385. The van der Waals surface area contributed by atoms with Crippen LogP contribution >= 0.6 is 11.6 Å². The Morgan fingerprint density at radius 2 is 2.24 bits per heavy atom. The Balaban J connectivity index is 2.82. The Labute approximate surface area is 104 Å². The van der Waals surface area contributed by atoms with Crippen molar-refractivity contribution in [3.05, 3.63) is 39.4 Å². The molecule has 1 aromatic rings. The summed E-state index contributed by atoms with van der Waals surface area (Å²) in [5.74, 6) is -0.294. The van der Waals surface area contributed by atoms with Gasteiger partial charge in [-0.3, -0.25) is 14.9 Å². The first-order chi connectivity index (χ1) is 7.93. The predicted molar refractivity (Wildman–Crippen MR) is 65.0 cm³/mol. The molecule has 0 aromatic heterocycles. The zero-order valence-corrected chi connectivity index (χ0v) is 10.3. The van der Waals surface area contributed by atoms with E-state index in [1.54, 1.807) is 26.0 Å². The van der Waals surface area contributed by atoms with Crippen LogP contribution in [0, 0.1) is 17.0 Å². The molecule has 17 heavy (non-hydrogen) atoms. The second-order valence-electron chi connectivity index (χ2n) is 3.65. The van der Waals surface area contributed by atoms with Crippen LogP contribution in [0.2, 0.25) is 0 Å². The number of nitro benzene ring substituents is 1. The molecule has 0 saturated carbocycles. The molecule has 0 spiro atoms. The molecule has 1 unspecified atom stereocenters. The molecule has 1 amide bonds. The van der Waals surface area contributed by atoms with Gasteiger partial charge in [0.25, 0.3) is 5.69 Å². The number of rotatable bonds is 4. The molecule has 0 aliphatic heterocycles. The van der Waals surface area contributed by atoms with Crippen molar-refractivity contribution in [2.75, 3.05) is 0 Å². The second kappa shape index (κ2) is 5.63. The SMILES string of the molecule is Cc1c(CNC(=O)C(C)Cl)cccc1[N+](=O)[O-]. The molecule has 1 aromatic carbocycles. The van der Waals surface area contributed by atoms with Crippen molar-refractivity contribution in [3.63, 3.8) is 0 Å². The molecule has 0 aliphatic rings. The van der Waals surface area contributed by atoms with E-state index in [9.17, 15) is 14.9 Å². The summed E-state index contributed by atoms with van der Waals surface area (Å²) >= 11 is 5.60. The van der Waals surface area contributed by atoms with Crippen molar-refractivity contribution in [1.82, 2.24) is 5.32 Å². The molecule has 1 atom stereocenters. The van der Waals surface area contributed by atoms with E-state index < -0.39 is 10.3 Å². The number of benzene rings is 1. The minimum Gasteiger partial charge on any atom is -0.351 e. The highest BCUT2D eigenvalue weighted by molar-refractivity contribution is 6.30. The highest BCUT2D eigenvalue weighted by atomic mass is 35.5. The maximum Gasteiger partial charge on any atom is 0.272 e. The maximum absolute atomic E-state index is 11.3. The molecule has 6 heteroatoms. The topological polar surface area (TPSA) is 72.2 Å². The quantitative estimate of drug-likeness (QED) is 0.510. The van der Waals surface area contributed by atoms with Crippen LogP contribution in [0.4, 0.5) is 5.69 Å². The zero-order chi connectivity index (χ0) is 13.0. The third-order valence-electron chi connectivity index (χ3n) is 2.43. The molecule has 0 fully saturated rings. The number of halogens is 1. The van der Waals surface area contributed by atoms with Gasteiger partial charge in [0.15, 0.2) is 0 Å². The van der Waals surface area contributed by atoms with Crippen molar-refractivity contribution in [1.29, 1.82) is 0 Å². The standard InChI is InChI=1S/C11H13ClN2O3/c1-7-9(6-13-11(15)8(2)12)4-3-5-10(7)14(16)17/h3-5,8H,6H2,1-2H3,(H,13,15). The van der Waals surface area contributed by atoms with Gasteiger partial charge in [-0.15, -0.1) is 11.6 Å². The van der Waals surface area contributed by atoms with Gasteiger partial charge >= 0.3 is 0 Å². The first kappa shape index (κ1) is 13.4. The molecule has 5 nitrogen and oxygen atoms in total. The van der Waals surface area contributed by atoms with Crippen molar-refractivity contribution in [2.24, 2.45) is 0 Å². The molecule has 1 N–H and O–H groups in total. The monoisotopic (exact) mass is 256 g/mol. The van der Waals surface area contributed by atoms with Crippen LogP contribution < -0.4 is 5.32 Å². The van der Waals surface area contributed by atoms with Gasteiger partial charge in [-0.25, -0.2) is 0 Å². The lowest BCUT2D eigenvalue weighted by Crippen LogP contribution is -2.29. The number of nitrogens with zero attached hydrogens (tertiary/aromatic N) is 1. The van der Waals surface area contributed by atoms with E-state index in [0.29, 0.717) is 11.1 Å². The summed E-state index contributed by atoms with van der Waals surface area (Å²) in [5, 5.41) is 12.7. The van der Waals surface area contributed by atoms with Crippen LogP contribution in [0.15, 0.2) is 18.2 Å². The predicted octanol–water partition coefficient (Wildman–Crippen LogP) is 2.15. The van der Waals surface area contributed by atoms with Gasteiger partial charge in [0.05, 0.1) is 4.92 Å². The molecule has 1 rings (SSSR count). The largest absolute Gasteiger partial charge is 0.351 e. The first-order valence-corrected chi connectivity index (χ1v) is 5.51. The summed E-state index contributed by atoms with van der Waals surface area (Å²) in [6.07, 6.45) is 0. The molecular formula is C11H13ClN2O3. The Kier molecular flexibility index (Phi) is 4.45. The average Bonchev–Trinajstić information content (AvgIpc) is 2.26. The summed E-state index contributed by atoms with van der Waals surface area (Å²) in [6, 6.07) is 4.77. The van der Waals surface area contributed by atoms with Gasteiger partial charge in [0.2, 0.25) is 5.91 Å². The molecular weight excluding hydrogens is 244 g/mol. The van der Waals surface area contributed by atoms with Gasteiger partial charge in [-0.05, 0) is 19.4 Å². The summed E-state index contributed by atoms with van der Waals surface area (Å²) < 4.78 is 0. The molecule has 92 valence electrons. The zero-order valence-electron chi connectivity index (χ0n) is 9.57. The number of nitro groups is 1. The van der Waals surface area contributed by atoms with Crippen molar-refractivity contribution in [3.8, 4) is 0 Å². The lowest BCUT2D eigenvalue weighted by Gasteiger charge is -2.09. The number of amides is 1. The number of alkyl halides is 1.